The summed E-state index contributed by atoms with van der Waals surface area (Å²) in [5.41, 5.74) is 7.29. The van der Waals surface area contributed by atoms with Crippen molar-refractivity contribution in [1.29, 1.82) is 0 Å². The fraction of sp³-hybridized carbons (Fsp3) is 0.200. The quantitative estimate of drug-likeness (QED) is 0.292. The second-order valence-corrected chi connectivity index (χ2v) is 6.06. The van der Waals surface area contributed by atoms with Gasteiger partial charge in [-0.1, -0.05) is 0 Å². The monoisotopic (exact) mass is 360 g/mol. The number of anilines is 1. The van der Waals surface area contributed by atoms with Crippen LogP contribution in [0.3, 0.4) is 0 Å². The van der Waals surface area contributed by atoms with E-state index in [1.165, 1.54) is 43.4 Å². The fourth-order valence-electron chi connectivity index (χ4n) is 2.16. The Morgan fingerprint density at radius 2 is 2.28 bits per heavy atom. The van der Waals surface area contributed by atoms with Crippen LogP contribution in [0.1, 0.15) is 10.4 Å². The van der Waals surface area contributed by atoms with Crippen molar-refractivity contribution in [3.8, 4) is 11.5 Å². The molecule has 3 rings (SSSR count). The van der Waals surface area contributed by atoms with E-state index in [4.69, 9.17) is 10.5 Å². The van der Waals surface area contributed by atoms with Crippen LogP contribution in [-0.2, 0) is 0 Å². The van der Waals surface area contributed by atoms with Crippen LogP contribution in [-0.4, -0.2) is 50.4 Å². The van der Waals surface area contributed by atoms with Crippen molar-refractivity contribution in [3.05, 3.63) is 30.1 Å². The number of carbonyl (C=O) groups is 1. The van der Waals surface area contributed by atoms with Gasteiger partial charge in [0, 0.05) is 17.9 Å². The molecule has 25 heavy (non-hydrogen) atoms. The first-order chi connectivity index (χ1) is 12.1. The van der Waals surface area contributed by atoms with E-state index in [1.54, 1.807) is 0 Å². The molecule has 1 aromatic carbocycles. The molecular weight excluding hydrogens is 344 g/mol. The molecule has 0 unspecified atom stereocenters. The Morgan fingerprint density at radius 1 is 1.44 bits per heavy atom. The number of aromatic hydroxyl groups is 1. The minimum atomic E-state index is -0.257. The van der Waals surface area contributed by atoms with Crippen LogP contribution in [0.2, 0.25) is 0 Å². The van der Waals surface area contributed by atoms with Crippen LogP contribution in [0, 0.1) is 0 Å². The van der Waals surface area contributed by atoms with Crippen LogP contribution in [0.15, 0.2) is 29.6 Å². The number of nitrogens with two attached hydrogens (primary N) is 1. The number of methoxy groups -OCH3 is 1. The molecule has 0 aliphatic rings. The van der Waals surface area contributed by atoms with Gasteiger partial charge < -0.3 is 25.9 Å². The lowest BCUT2D eigenvalue weighted by atomic mass is 10.2. The molecule has 0 saturated heterocycles. The standard InChI is InChI=1S/C15H16N6O3S/c1-24-10-6-8(2-3-9(10)22)13(23)17-4-5-25-14-11-12(19-7-18-11)20-15(16)21-14/h2-3,6-7,22H,4-5H2,1H3,(H,17,23)(H3,16,18,19,20,21). The highest BCUT2D eigenvalue weighted by molar-refractivity contribution is 7.99. The zero-order valence-electron chi connectivity index (χ0n) is 13.3. The van der Waals surface area contributed by atoms with Crippen molar-refractivity contribution < 1.29 is 14.6 Å². The number of thioether (sulfide) groups is 1. The van der Waals surface area contributed by atoms with Crippen molar-refractivity contribution in [2.75, 3.05) is 25.1 Å². The van der Waals surface area contributed by atoms with E-state index < -0.39 is 0 Å². The highest BCUT2D eigenvalue weighted by Crippen LogP contribution is 2.26. The third kappa shape index (κ3) is 3.74. The van der Waals surface area contributed by atoms with Crippen molar-refractivity contribution in [2.24, 2.45) is 0 Å². The lowest BCUT2D eigenvalue weighted by Gasteiger charge is -2.08. The summed E-state index contributed by atoms with van der Waals surface area (Å²) in [7, 11) is 1.43. The molecule has 9 nitrogen and oxygen atoms in total. The number of fused-ring (bicyclic) bond motifs is 1. The molecule has 3 aromatic rings. The summed E-state index contributed by atoms with van der Waals surface area (Å²) in [5.74, 6) is 0.723. The summed E-state index contributed by atoms with van der Waals surface area (Å²) in [6.45, 7) is 0.423. The maximum atomic E-state index is 12.1. The SMILES string of the molecule is COc1cc(C(=O)NCCSc2nc(N)nc3nc[nH]c23)ccc1O. The molecule has 0 fully saturated rings. The number of hydrogen-bond acceptors (Lipinski definition) is 8. The predicted octanol–water partition coefficient (Wildman–Crippen LogP) is 1.17. The number of nitrogens with one attached hydrogen (secondary N) is 2. The molecule has 10 heteroatoms. The van der Waals surface area contributed by atoms with Crippen molar-refractivity contribution >= 4 is 34.8 Å². The van der Waals surface area contributed by atoms with E-state index in [0.717, 1.165) is 0 Å². The van der Waals surface area contributed by atoms with Gasteiger partial charge >= 0.3 is 0 Å². The molecule has 0 aliphatic heterocycles. The number of carbonyl (C=O) groups excluding carboxylic acids is 1. The van der Waals surface area contributed by atoms with Crippen LogP contribution in [0.4, 0.5) is 5.95 Å². The van der Waals surface area contributed by atoms with Crippen LogP contribution in [0.25, 0.3) is 11.2 Å². The summed E-state index contributed by atoms with van der Waals surface area (Å²) in [4.78, 5) is 27.4. The van der Waals surface area contributed by atoms with E-state index in [-0.39, 0.29) is 23.4 Å². The number of benzene rings is 1. The number of aromatic nitrogens is 4. The smallest absolute Gasteiger partial charge is 0.251 e. The number of nitrogens with zero attached hydrogens (tertiary/aromatic N) is 3. The van der Waals surface area contributed by atoms with Crippen LogP contribution in [0.5, 0.6) is 11.5 Å². The second kappa shape index (κ2) is 7.26. The molecule has 0 saturated carbocycles. The largest absolute Gasteiger partial charge is 0.504 e. The Morgan fingerprint density at radius 3 is 3.08 bits per heavy atom. The number of imidazole rings is 1. The Balaban J connectivity index is 1.57. The fourth-order valence-corrected chi connectivity index (χ4v) is 3.01. The Bertz CT molecular complexity index is 913. The number of phenols is 1. The topological polar surface area (TPSA) is 139 Å². The molecule has 0 radical (unpaired) electrons. The average molecular weight is 360 g/mol. The highest BCUT2D eigenvalue weighted by atomic mass is 32.2. The predicted molar refractivity (Wildman–Crippen MR) is 93.8 cm³/mol. The van der Waals surface area contributed by atoms with Gasteiger partial charge in [-0.25, -0.2) is 9.97 Å². The lowest BCUT2D eigenvalue weighted by molar-refractivity contribution is 0.0956. The second-order valence-electron chi connectivity index (χ2n) is 4.98. The summed E-state index contributed by atoms with van der Waals surface area (Å²) in [6.07, 6.45) is 1.53. The van der Waals surface area contributed by atoms with Gasteiger partial charge in [0.25, 0.3) is 5.91 Å². The average Bonchev–Trinajstić information content (AvgIpc) is 3.07. The third-order valence-electron chi connectivity index (χ3n) is 3.34. The Kier molecular flexibility index (Phi) is 4.89. The van der Waals surface area contributed by atoms with Gasteiger partial charge in [0.1, 0.15) is 10.5 Å². The van der Waals surface area contributed by atoms with E-state index >= 15 is 0 Å². The minimum Gasteiger partial charge on any atom is -0.504 e. The van der Waals surface area contributed by atoms with Crippen molar-refractivity contribution in [1.82, 2.24) is 25.3 Å². The maximum Gasteiger partial charge on any atom is 0.251 e. The first kappa shape index (κ1) is 16.8. The maximum absolute atomic E-state index is 12.1. The first-order valence-corrected chi connectivity index (χ1v) is 8.31. The first-order valence-electron chi connectivity index (χ1n) is 7.33. The Hall–Kier alpha value is -3.01. The zero-order valence-corrected chi connectivity index (χ0v) is 14.1. The van der Waals surface area contributed by atoms with Gasteiger partial charge in [-0.05, 0) is 18.2 Å². The summed E-state index contributed by atoms with van der Waals surface area (Å²) >= 11 is 1.43. The van der Waals surface area contributed by atoms with E-state index in [2.05, 4.69) is 25.3 Å². The number of rotatable bonds is 6. The number of H-pyrrole nitrogens is 1. The molecular formula is C15H16N6O3S. The zero-order chi connectivity index (χ0) is 17.8. The highest BCUT2D eigenvalue weighted by Gasteiger charge is 2.11. The molecule has 0 spiro atoms. The molecule has 0 aliphatic carbocycles. The van der Waals surface area contributed by atoms with Gasteiger partial charge in [-0.15, -0.1) is 11.8 Å². The number of phenolic OH excluding ortho intramolecular Hbond substituents is 1. The number of hydrogen-bond donors (Lipinski definition) is 4. The molecule has 1 amide bonds. The number of ether oxygens (including phenoxy) is 1. The summed E-state index contributed by atoms with van der Waals surface area (Å²) in [5, 5.41) is 13.0. The van der Waals surface area contributed by atoms with Gasteiger partial charge in [0.2, 0.25) is 5.95 Å². The van der Waals surface area contributed by atoms with Gasteiger partial charge in [0.05, 0.1) is 13.4 Å². The van der Waals surface area contributed by atoms with Gasteiger partial charge in [-0.3, -0.25) is 4.79 Å². The molecule has 0 atom stereocenters. The molecule has 5 N–H and O–H groups in total. The molecule has 0 bridgehead atoms. The van der Waals surface area contributed by atoms with E-state index in [1.807, 2.05) is 0 Å². The minimum absolute atomic E-state index is 0.0143. The Labute approximate surface area is 147 Å². The van der Waals surface area contributed by atoms with Gasteiger partial charge in [-0.2, -0.15) is 4.98 Å². The molecule has 130 valence electrons. The lowest BCUT2D eigenvalue weighted by Crippen LogP contribution is -2.25. The van der Waals surface area contributed by atoms with E-state index in [9.17, 15) is 9.90 Å². The van der Waals surface area contributed by atoms with Crippen LogP contribution < -0.4 is 15.8 Å². The van der Waals surface area contributed by atoms with Crippen molar-refractivity contribution in [2.45, 2.75) is 5.03 Å². The number of amides is 1. The van der Waals surface area contributed by atoms with Crippen LogP contribution >= 0.6 is 11.8 Å². The van der Waals surface area contributed by atoms with E-state index in [0.29, 0.717) is 34.1 Å². The third-order valence-corrected chi connectivity index (χ3v) is 4.32. The van der Waals surface area contributed by atoms with Crippen molar-refractivity contribution in [3.63, 3.8) is 0 Å². The number of nitrogen functional groups attached to an aromatic ring is 1. The normalized spacial score (nSPS) is 10.8. The molecule has 2 aromatic heterocycles. The van der Waals surface area contributed by atoms with Gasteiger partial charge in [0.15, 0.2) is 17.1 Å². The summed E-state index contributed by atoms with van der Waals surface area (Å²) in [6, 6.07) is 4.43. The summed E-state index contributed by atoms with van der Waals surface area (Å²) < 4.78 is 4.99. The number of aromatic amines is 1. The molecule has 2 heterocycles.